The number of benzene rings is 3. The first-order chi connectivity index (χ1) is 16.1. The molecule has 0 heterocycles. The quantitative estimate of drug-likeness (QED) is 0.223. The molecule has 3 aromatic rings. The highest BCUT2D eigenvalue weighted by Gasteiger charge is 2.40. The fourth-order valence-corrected chi connectivity index (χ4v) is 5.32. The zero-order chi connectivity index (χ0) is 24.8. The molecule has 5 heteroatoms. The number of carbonyl (C=O) groups excluding carboxylic acids is 1. The second-order valence-corrected chi connectivity index (χ2v) is 11.2. The summed E-state index contributed by atoms with van der Waals surface area (Å²) in [5.41, 5.74) is 2.25. The summed E-state index contributed by atoms with van der Waals surface area (Å²) in [6, 6.07) is 30.5. The SMILES string of the molecule is CC(C)(C)CC(C)(C)NC(=O)C(CS)NC(c1ccccc1)(c1ccccc1)c1ccccc1.Cl. The summed E-state index contributed by atoms with van der Waals surface area (Å²) < 4.78 is 0. The van der Waals surface area contributed by atoms with Crippen LogP contribution in [-0.2, 0) is 10.3 Å². The first-order valence-electron chi connectivity index (χ1n) is 11.9. The zero-order valence-corrected chi connectivity index (χ0v) is 23.1. The van der Waals surface area contributed by atoms with Gasteiger partial charge in [-0.3, -0.25) is 10.1 Å². The molecule has 1 atom stereocenters. The van der Waals surface area contributed by atoms with Crippen molar-refractivity contribution < 1.29 is 4.79 Å². The van der Waals surface area contributed by atoms with Crippen molar-refractivity contribution in [2.24, 2.45) is 5.41 Å². The lowest BCUT2D eigenvalue weighted by Crippen LogP contribution is -2.59. The van der Waals surface area contributed by atoms with E-state index in [9.17, 15) is 4.79 Å². The van der Waals surface area contributed by atoms with E-state index in [0.29, 0.717) is 5.75 Å². The van der Waals surface area contributed by atoms with Gasteiger partial charge in [-0.05, 0) is 42.4 Å². The highest BCUT2D eigenvalue weighted by Crippen LogP contribution is 2.37. The van der Waals surface area contributed by atoms with Gasteiger partial charge in [0, 0.05) is 11.3 Å². The first kappa shape index (κ1) is 29.0. The van der Waals surface area contributed by atoms with Crippen LogP contribution in [0, 0.1) is 5.41 Å². The molecule has 35 heavy (non-hydrogen) atoms. The van der Waals surface area contributed by atoms with E-state index < -0.39 is 11.6 Å². The molecule has 188 valence electrons. The monoisotopic (exact) mass is 510 g/mol. The van der Waals surface area contributed by atoms with Crippen molar-refractivity contribution in [2.75, 3.05) is 5.75 Å². The topological polar surface area (TPSA) is 41.1 Å². The number of hydrogen-bond donors (Lipinski definition) is 3. The molecule has 3 nitrogen and oxygen atoms in total. The largest absolute Gasteiger partial charge is 0.350 e. The fraction of sp³-hybridized carbons (Fsp3) is 0.367. The summed E-state index contributed by atoms with van der Waals surface area (Å²) in [4.78, 5) is 13.6. The summed E-state index contributed by atoms with van der Waals surface area (Å²) in [5.74, 6) is 0.322. The van der Waals surface area contributed by atoms with Gasteiger partial charge in [0.1, 0.15) is 0 Å². The van der Waals surface area contributed by atoms with Gasteiger partial charge in [0.25, 0.3) is 0 Å². The van der Waals surface area contributed by atoms with E-state index in [0.717, 1.165) is 23.1 Å². The van der Waals surface area contributed by atoms with E-state index in [-0.39, 0.29) is 29.3 Å². The van der Waals surface area contributed by atoms with Crippen LogP contribution in [0.1, 0.15) is 57.7 Å². The third-order valence-electron chi connectivity index (χ3n) is 5.94. The first-order valence-corrected chi connectivity index (χ1v) is 12.6. The number of nitrogens with one attached hydrogen (secondary N) is 2. The Morgan fingerprint density at radius 3 is 1.43 bits per heavy atom. The number of halogens is 1. The van der Waals surface area contributed by atoms with Gasteiger partial charge in [0.2, 0.25) is 5.91 Å². The summed E-state index contributed by atoms with van der Waals surface area (Å²) in [7, 11) is 0. The van der Waals surface area contributed by atoms with E-state index in [1.807, 2.05) is 54.6 Å². The van der Waals surface area contributed by atoms with Crippen molar-refractivity contribution >= 4 is 30.9 Å². The molecular formula is C30H39ClN2OS. The maximum absolute atomic E-state index is 13.6. The fourth-order valence-electron chi connectivity index (χ4n) is 5.06. The molecule has 0 saturated heterocycles. The Bertz CT molecular complexity index is 953. The normalized spacial score (nSPS) is 13.0. The smallest absolute Gasteiger partial charge is 0.238 e. The second-order valence-electron chi connectivity index (χ2n) is 10.8. The maximum Gasteiger partial charge on any atom is 0.238 e. The Labute approximate surface area is 222 Å². The molecule has 0 fully saturated rings. The molecule has 0 spiro atoms. The molecular weight excluding hydrogens is 472 g/mol. The van der Waals surface area contributed by atoms with Gasteiger partial charge >= 0.3 is 0 Å². The highest BCUT2D eigenvalue weighted by molar-refractivity contribution is 7.80. The van der Waals surface area contributed by atoms with Gasteiger partial charge in [-0.2, -0.15) is 12.6 Å². The molecule has 0 bridgehead atoms. The number of thiol groups is 1. The van der Waals surface area contributed by atoms with Gasteiger partial charge in [-0.15, -0.1) is 12.4 Å². The third-order valence-corrected chi connectivity index (χ3v) is 6.31. The Hall–Kier alpha value is -2.27. The molecule has 0 aromatic heterocycles. The molecule has 0 aliphatic rings. The number of carbonyl (C=O) groups is 1. The minimum Gasteiger partial charge on any atom is -0.350 e. The van der Waals surface area contributed by atoms with Crippen molar-refractivity contribution in [1.82, 2.24) is 10.6 Å². The minimum atomic E-state index is -0.720. The summed E-state index contributed by atoms with van der Waals surface area (Å²) in [6.45, 7) is 10.8. The summed E-state index contributed by atoms with van der Waals surface area (Å²) in [5, 5.41) is 7.05. The van der Waals surface area contributed by atoms with Crippen LogP contribution in [-0.4, -0.2) is 23.2 Å². The Morgan fingerprint density at radius 1 is 0.743 bits per heavy atom. The van der Waals surface area contributed by atoms with Crippen molar-refractivity contribution in [3.63, 3.8) is 0 Å². The molecule has 1 amide bonds. The van der Waals surface area contributed by atoms with Crippen molar-refractivity contribution in [2.45, 2.75) is 58.2 Å². The van der Waals surface area contributed by atoms with Crippen LogP contribution in [0.15, 0.2) is 91.0 Å². The van der Waals surface area contributed by atoms with Gasteiger partial charge in [0.05, 0.1) is 11.6 Å². The van der Waals surface area contributed by atoms with Crippen LogP contribution < -0.4 is 10.6 Å². The lowest BCUT2D eigenvalue weighted by atomic mass is 9.76. The Kier molecular flexibility index (Phi) is 10.0. The standard InChI is InChI=1S/C30H38N2OS.ClH/c1-28(2,3)22-29(4,5)32-27(33)26(21-34)31-30(23-15-9-6-10-16-23,24-17-11-7-12-18-24)25-19-13-8-14-20-25;/h6-20,26,31,34H,21-22H2,1-5H3,(H,32,33);1H. The van der Waals surface area contributed by atoms with Gasteiger partial charge in [-0.1, -0.05) is 112 Å². The maximum atomic E-state index is 13.6. The molecule has 3 rings (SSSR count). The van der Waals surface area contributed by atoms with E-state index in [2.05, 4.69) is 94.3 Å². The molecule has 2 N–H and O–H groups in total. The van der Waals surface area contributed by atoms with Crippen LogP contribution in [0.2, 0.25) is 0 Å². The van der Waals surface area contributed by atoms with Crippen LogP contribution in [0.3, 0.4) is 0 Å². The average Bonchev–Trinajstić information content (AvgIpc) is 2.80. The van der Waals surface area contributed by atoms with Gasteiger partial charge < -0.3 is 5.32 Å². The Balaban J connectivity index is 0.00000432. The number of rotatable bonds is 9. The number of hydrogen-bond acceptors (Lipinski definition) is 3. The van der Waals surface area contributed by atoms with Gasteiger partial charge in [-0.25, -0.2) is 0 Å². The van der Waals surface area contributed by atoms with E-state index in [1.165, 1.54) is 0 Å². The Morgan fingerprint density at radius 2 is 1.11 bits per heavy atom. The lowest BCUT2D eigenvalue weighted by molar-refractivity contribution is -0.124. The molecule has 0 aliphatic carbocycles. The molecule has 0 radical (unpaired) electrons. The molecule has 3 aromatic carbocycles. The zero-order valence-electron chi connectivity index (χ0n) is 21.4. The van der Waals surface area contributed by atoms with Crippen LogP contribution in [0.5, 0.6) is 0 Å². The molecule has 0 saturated carbocycles. The van der Waals surface area contributed by atoms with E-state index in [1.54, 1.807) is 0 Å². The van der Waals surface area contributed by atoms with Crippen LogP contribution >= 0.6 is 25.0 Å². The summed E-state index contributed by atoms with van der Waals surface area (Å²) >= 11 is 4.62. The average molecular weight is 511 g/mol. The predicted octanol–water partition coefficient (Wildman–Crippen LogP) is 6.62. The second kappa shape index (κ2) is 12.1. The van der Waals surface area contributed by atoms with E-state index in [4.69, 9.17) is 0 Å². The molecule has 1 unspecified atom stereocenters. The van der Waals surface area contributed by atoms with Crippen molar-refractivity contribution in [1.29, 1.82) is 0 Å². The number of amides is 1. The van der Waals surface area contributed by atoms with Crippen molar-refractivity contribution in [3.05, 3.63) is 108 Å². The highest BCUT2D eigenvalue weighted by atomic mass is 35.5. The van der Waals surface area contributed by atoms with E-state index >= 15 is 0 Å². The van der Waals surface area contributed by atoms with Crippen molar-refractivity contribution in [3.8, 4) is 0 Å². The predicted molar refractivity (Wildman–Crippen MR) is 154 cm³/mol. The summed E-state index contributed by atoms with van der Waals surface area (Å²) in [6.07, 6.45) is 0.867. The van der Waals surface area contributed by atoms with Crippen LogP contribution in [0.4, 0.5) is 0 Å². The van der Waals surface area contributed by atoms with Gasteiger partial charge in [0.15, 0.2) is 0 Å². The molecule has 0 aliphatic heterocycles. The third kappa shape index (κ3) is 7.36. The van der Waals surface area contributed by atoms with Crippen LogP contribution in [0.25, 0.3) is 0 Å². The lowest BCUT2D eigenvalue weighted by Gasteiger charge is -2.41. The minimum absolute atomic E-state index is 0.